The average Bonchev–Trinajstić information content (AvgIpc) is 2.56. The van der Waals surface area contributed by atoms with Crippen molar-refractivity contribution in [2.75, 3.05) is 0 Å². The molecular formula is C18H28O2. The Hall–Kier alpha value is -1.18. The van der Waals surface area contributed by atoms with Crippen molar-refractivity contribution in [1.29, 1.82) is 0 Å². The van der Waals surface area contributed by atoms with Crippen molar-refractivity contribution in [2.45, 2.75) is 53.4 Å². The van der Waals surface area contributed by atoms with Gasteiger partial charge in [-0.05, 0) is 25.7 Å². The van der Waals surface area contributed by atoms with Crippen molar-refractivity contribution < 1.29 is 9.59 Å². The summed E-state index contributed by atoms with van der Waals surface area (Å²) in [5.74, 6) is 0.664. The van der Waals surface area contributed by atoms with E-state index in [2.05, 4.69) is 24.3 Å². The van der Waals surface area contributed by atoms with Crippen LogP contribution in [0.2, 0.25) is 0 Å². The highest BCUT2D eigenvalue weighted by molar-refractivity contribution is 6.00. The van der Waals surface area contributed by atoms with Gasteiger partial charge in [-0.25, -0.2) is 0 Å². The molecule has 0 radical (unpaired) electrons. The van der Waals surface area contributed by atoms with Crippen LogP contribution in [0.5, 0.6) is 0 Å². The Balaban J connectivity index is 0.000000461. The van der Waals surface area contributed by atoms with Crippen molar-refractivity contribution in [2.24, 2.45) is 23.7 Å². The molecule has 0 aromatic rings. The van der Waals surface area contributed by atoms with Gasteiger partial charge in [0.15, 0.2) is 0 Å². The summed E-state index contributed by atoms with van der Waals surface area (Å²) in [7, 11) is 0. The van der Waals surface area contributed by atoms with E-state index >= 15 is 0 Å². The van der Waals surface area contributed by atoms with Gasteiger partial charge in [0.2, 0.25) is 0 Å². The predicted octanol–water partition coefficient (Wildman–Crippen LogP) is 4.36. The minimum absolute atomic E-state index is 0.00903. The van der Waals surface area contributed by atoms with E-state index in [1.165, 1.54) is 0 Å². The van der Waals surface area contributed by atoms with Gasteiger partial charge in [-0.15, -0.1) is 0 Å². The molecule has 0 spiro atoms. The number of hydrogen-bond acceptors (Lipinski definition) is 2. The zero-order chi connectivity index (χ0) is 15.1. The zero-order valence-corrected chi connectivity index (χ0v) is 13.3. The Morgan fingerprint density at radius 2 is 0.800 bits per heavy atom. The van der Waals surface area contributed by atoms with Gasteiger partial charge in [0.25, 0.3) is 0 Å². The molecule has 0 aromatic heterocycles. The molecular weight excluding hydrogens is 248 g/mol. The number of carbonyl (C=O) groups is 2. The maximum atomic E-state index is 12.3. The Labute approximate surface area is 123 Å². The van der Waals surface area contributed by atoms with Crippen molar-refractivity contribution in [3.63, 3.8) is 0 Å². The molecule has 4 unspecified atom stereocenters. The van der Waals surface area contributed by atoms with E-state index in [1.54, 1.807) is 0 Å². The van der Waals surface area contributed by atoms with Crippen molar-refractivity contribution in [3.05, 3.63) is 24.3 Å². The van der Waals surface area contributed by atoms with Gasteiger partial charge in [-0.1, -0.05) is 52.0 Å². The maximum absolute atomic E-state index is 12.3. The Kier molecular flexibility index (Phi) is 6.90. The van der Waals surface area contributed by atoms with Crippen LogP contribution >= 0.6 is 0 Å². The maximum Gasteiger partial charge on any atom is 0.141 e. The number of hydrogen-bond donors (Lipinski definition) is 0. The van der Waals surface area contributed by atoms with Crippen LogP contribution in [0, 0.1) is 23.7 Å². The molecule has 0 aromatic carbocycles. The van der Waals surface area contributed by atoms with Crippen LogP contribution in [0.3, 0.4) is 0 Å². The Morgan fingerprint density at radius 3 is 1.00 bits per heavy atom. The van der Waals surface area contributed by atoms with Crippen molar-refractivity contribution in [3.8, 4) is 0 Å². The molecule has 0 N–H and O–H groups in total. The summed E-state index contributed by atoms with van der Waals surface area (Å²) in [6.45, 7) is 8.00. The van der Waals surface area contributed by atoms with E-state index in [0.717, 1.165) is 25.7 Å². The molecule has 3 aliphatic carbocycles. The second kappa shape index (κ2) is 8.18. The van der Waals surface area contributed by atoms with Gasteiger partial charge in [-0.2, -0.15) is 0 Å². The van der Waals surface area contributed by atoms with E-state index in [4.69, 9.17) is 0 Å². The first-order valence-corrected chi connectivity index (χ1v) is 8.16. The van der Waals surface area contributed by atoms with E-state index in [0.29, 0.717) is 11.6 Å². The first-order chi connectivity index (χ1) is 9.79. The first kappa shape index (κ1) is 16.9. The Bertz CT molecular complexity index is 322. The van der Waals surface area contributed by atoms with Gasteiger partial charge >= 0.3 is 0 Å². The molecule has 3 aliphatic rings. The second-order valence-electron chi connectivity index (χ2n) is 5.12. The molecule has 0 amide bonds. The quantitative estimate of drug-likeness (QED) is 0.616. The van der Waals surface area contributed by atoms with Gasteiger partial charge < -0.3 is 0 Å². The van der Waals surface area contributed by atoms with Crippen LogP contribution < -0.4 is 0 Å². The fraction of sp³-hybridized carbons (Fsp3) is 0.667. The van der Waals surface area contributed by atoms with E-state index < -0.39 is 0 Å². The summed E-state index contributed by atoms with van der Waals surface area (Å²) in [5.41, 5.74) is 0. The van der Waals surface area contributed by atoms with Crippen molar-refractivity contribution >= 4 is 11.6 Å². The first-order valence-electron chi connectivity index (χ1n) is 8.16. The molecule has 4 atom stereocenters. The topological polar surface area (TPSA) is 34.1 Å². The van der Waals surface area contributed by atoms with Crippen LogP contribution in [0.15, 0.2) is 24.3 Å². The summed E-state index contributed by atoms with van der Waals surface area (Å²) >= 11 is 0. The SMILES string of the molecule is CC.CC.O=C1C2CC=CCC2C(=O)C2CC=CCC12. The number of Topliss-reactive ketones (excluding diaryl/α,β-unsaturated/α-hetero) is 2. The van der Waals surface area contributed by atoms with Crippen LogP contribution in [0.25, 0.3) is 0 Å². The standard InChI is InChI=1S/C14H16O2.2C2H6/c15-13-9-5-1-2-6-10(9)14(16)12-8-4-3-7-11(12)13;2*1-2/h1-4,9-12H,5-8H2;2*1-2H3. The number of fused-ring (bicyclic) bond motifs is 2. The number of ketones is 2. The van der Waals surface area contributed by atoms with Crippen LogP contribution in [0.4, 0.5) is 0 Å². The fourth-order valence-corrected chi connectivity index (χ4v) is 3.44. The van der Waals surface area contributed by atoms with E-state index in [-0.39, 0.29) is 23.7 Å². The number of carbonyl (C=O) groups excluding carboxylic acids is 2. The Morgan fingerprint density at radius 1 is 0.600 bits per heavy atom. The highest BCUT2D eigenvalue weighted by Gasteiger charge is 2.48. The monoisotopic (exact) mass is 276 g/mol. The molecule has 2 nitrogen and oxygen atoms in total. The fourth-order valence-electron chi connectivity index (χ4n) is 3.44. The van der Waals surface area contributed by atoms with Gasteiger partial charge in [0.1, 0.15) is 11.6 Å². The molecule has 0 heterocycles. The van der Waals surface area contributed by atoms with E-state index in [9.17, 15) is 9.59 Å². The molecule has 0 saturated heterocycles. The second-order valence-corrected chi connectivity index (χ2v) is 5.12. The molecule has 3 rings (SSSR count). The lowest BCUT2D eigenvalue weighted by Crippen LogP contribution is -2.48. The molecule has 112 valence electrons. The third-order valence-electron chi connectivity index (χ3n) is 4.33. The van der Waals surface area contributed by atoms with Crippen LogP contribution in [-0.2, 0) is 9.59 Å². The van der Waals surface area contributed by atoms with Gasteiger partial charge in [0.05, 0.1) is 0 Å². The number of rotatable bonds is 0. The van der Waals surface area contributed by atoms with Crippen molar-refractivity contribution in [1.82, 2.24) is 0 Å². The minimum atomic E-state index is -0.00903. The molecule has 1 fully saturated rings. The average molecular weight is 276 g/mol. The van der Waals surface area contributed by atoms with Gasteiger partial charge in [-0.3, -0.25) is 9.59 Å². The normalized spacial score (nSPS) is 34.0. The molecule has 1 saturated carbocycles. The lowest BCUT2D eigenvalue weighted by molar-refractivity contribution is -0.147. The largest absolute Gasteiger partial charge is 0.299 e. The minimum Gasteiger partial charge on any atom is -0.299 e. The zero-order valence-electron chi connectivity index (χ0n) is 13.3. The third-order valence-corrected chi connectivity index (χ3v) is 4.33. The summed E-state index contributed by atoms with van der Waals surface area (Å²) in [6.07, 6.45) is 11.4. The van der Waals surface area contributed by atoms with E-state index in [1.807, 2.05) is 27.7 Å². The molecule has 2 heteroatoms. The lowest BCUT2D eigenvalue weighted by atomic mass is 9.60. The summed E-state index contributed by atoms with van der Waals surface area (Å²) < 4.78 is 0. The summed E-state index contributed by atoms with van der Waals surface area (Å²) in [5, 5.41) is 0. The molecule has 0 aliphatic heterocycles. The van der Waals surface area contributed by atoms with Crippen LogP contribution in [-0.4, -0.2) is 11.6 Å². The van der Waals surface area contributed by atoms with Gasteiger partial charge in [0, 0.05) is 23.7 Å². The molecule has 0 bridgehead atoms. The van der Waals surface area contributed by atoms with Crippen LogP contribution in [0.1, 0.15) is 53.4 Å². The highest BCUT2D eigenvalue weighted by atomic mass is 16.1. The smallest absolute Gasteiger partial charge is 0.141 e. The lowest BCUT2D eigenvalue weighted by Gasteiger charge is -2.40. The summed E-state index contributed by atoms with van der Waals surface area (Å²) in [6, 6.07) is 0. The summed E-state index contributed by atoms with van der Waals surface area (Å²) in [4.78, 5) is 24.6. The number of allylic oxidation sites excluding steroid dienone is 4. The predicted molar refractivity (Wildman–Crippen MR) is 83.4 cm³/mol. The third kappa shape index (κ3) is 3.11. The molecule has 20 heavy (non-hydrogen) atoms. The highest BCUT2D eigenvalue weighted by Crippen LogP contribution is 2.43.